The lowest BCUT2D eigenvalue weighted by atomic mass is 9.65. The van der Waals surface area contributed by atoms with E-state index in [1.165, 1.54) is 0 Å². The van der Waals surface area contributed by atoms with Gasteiger partial charge in [0.1, 0.15) is 11.6 Å². The van der Waals surface area contributed by atoms with E-state index in [-0.39, 0.29) is 30.2 Å². The molecule has 0 aliphatic carbocycles. The second kappa shape index (κ2) is 9.21. The van der Waals surface area contributed by atoms with Crippen molar-refractivity contribution in [2.75, 3.05) is 19.0 Å². The van der Waals surface area contributed by atoms with Crippen LogP contribution in [0.3, 0.4) is 0 Å². The Hall–Kier alpha value is -2.45. The number of nitrogens with zero attached hydrogens (tertiary/aromatic N) is 1. The van der Waals surface area contributed by atoms with Crippen LogP contribution >= 0.6 is 0 Å². The molecule has 35 heavy (non-hydrogen) atoms. The second-order valence-corrected chi connectivity index (χ2v) is 10.6. The molecule has 2 unspecified atom stereocenters. The minimum Gasteiger partial charge on any atom is -0.394 e. The van der Waals surface area contributed by atoms with Gasteiger partial charge in [0.2, 0.25) is 17.7 Å². The zero-order valence-electron chi connectivity index (χ0n) is 21.7. The van der Waals surface area contributed by atoms with Gasteiger partial charge in [-0.25, -0.2) is 0 Å². The molecule has 0 saturated carbocycles. The highest BCUT2D eigenvalue weighted by atomic mass is 16.5. The Morgan fingerprint density at radius 1 is 1.23 bits per heavy atom. The number of likely N-dealkylation sites (tertiary alicyclic amines) is 1. The van der Waals surface area contributed by atoms with Gasteiger partial charge in [-0.05, 0) is 56.2 Å². The molecule has 0 aromatic heterocycles. The first-order valence-corrected chi connectivity index (χ1v) is 12.8. The molecule has 8 nitrogen and oxygen atoms in total. The van der Waals surface area contributed by atoms with Crippen LogP contribution in [0.4, 0.5) is 5.69 Å². The molecule has 7 atom stereocenters. The third-order valence-corrected chi connectivity index (χ3v) is 8.89. The zero-order chi connectivity index (χ0) is 25.7. The number of aliphatic hydroxyl groups excluding tert-OH is 1. The van der Waals surface area contributed by atoms with E-state index < -0.39 is 35.1 Å². The Labute approximate surface area is 207 Å². The van der Waals surface area contributed by atoms with E-state index in [2.05, 4.69) is 10.6 Å². The van der Waals surface area contributed by atoms with Crippen LogP contribution in [0.2, 0.25) is 0 Å². The van der Waals surface area contributed by atoms with Crippen LogP contribution in [0.1, 0.15) is 57.6 Å². The van der Waals surface area contributed by atoms with Gasteiger partial charge in [-0.3, -0.25) is 14.4 Å². The summed E-state index contributed by atoms with van der Waals surface area (Å²) in [5.74, 6) is -2.30. The fourth-order valence-corrected chi connectivity index (χ4v) is 6.75. The van der Waals surface area contributed by atoms with Crippen LogP contribution in [-0.4, -0.2) is 64.7 Å². The van der Waals surface area contributed by atoms with Gasteiger partial charge in [-0.1, -0.05) is 39.3 Å². The first kappa shape index (κ1) is 25.6. The van der Waals surface area contributed by atoms with Gasteiger partial charge in [0.05, 0.1) is 30.1 Å². The van der Waals surface area contributed by atoms with E-state index in [1.54, 1.807) is 11.9 Å². The lowest BCUT2D eigenvalue weighted by Crippen LogP contribution is -2.57. The summed E-state index contributed by atoms with van der Waals surface area (Å²) in [5, 5.41) is 16.2. The van der Waals surface area contributed by atoms with Crippen LogP contribution in [0, 0.1) is 31.6 Å². The Bertz CT molecular complexity index is 1030. The van der Waals surface area contributed by atoms with Crippen LogP contribution in [0.25, 0.3) is 0 Å². The largest absolute Gasteiger partial charge is 0.394 e. The van der Waals surface area contributed by atoms with Crippen molar-refractivity contribution in [1.29, 1.82) is 0 Å². The first-order chi connectivity index (χ1) is 16.6. The minimum absolute atomic E-state index is 0.0361. The van der Waals surface area contributed by atoms with E-state index >= 15 is 0 Å². The Balaban J connectivity index is 1.83. The summed E-state index contributed by atoms with van der Waals surface area (Å²) in [6, 6.07) is 4.36. The lowest BCUT2D eigenvalue weighted by molar-refractivity contribution is -0.150. The van der Waals surface area contributed by atoms with Gasteiger partial charge < -0.3 is 25.4 Å². The molecular weight excluding hydrogens is 446 g/mol. The molecule has 0 radical (unpaired) electrons. The van der Waals surface area contributed by atoms with Gasteiger partial charge in [0.15, 0.2) is 0 Å². The van der Waals surface area contributed by atoms with Crippen molar-refractivity contribution in [1.82, 2.24) is 10.2 Å². The highest BCUT2D eigenvalue weighted by Gasteiger charge is 2.79. The SMILES string of the molecule is CC[C@H](C)[C@H](CO)N1C(=O)[C@@H]2[C@H](C(=O)NC)[C@]3(CC)CCC2(O3)C1C(=O)Nc1cc(C)ccc1C. The van der Waals surface area contributed by atoms with Crippen LogP contribution in [-0.2, 0) is 19.1 Å². The number of amides is 3. The number of nitrogens with one attached hydrogen (secondary N) is 2. The van der Waals surface area contributed by atoms with Crippen molar-refractivity contribution in [3.8, 4) is 0 Å². The van der Waals surface area contributed by atoms with E-state index in [0.29, 0.717) is 24.9 Å². The maximum atomic E-state index is 14.1. The molecule has 4 rings (SSSR count). The number of rotatable bonds is 8. The average Bonchev–Trinajstić information content (AvgIpc) is 3.45. The summed E-state index contributed by atoms with van der Waals surface area (Å²) in [7, 11) is 1.57. The van der Waals surface area contributed by atoms with E-state index in [9.17, 15) is 19.5 Å². The fourth-order valence-electron chi connectivity index (χ4n) is 6.75. The number of benzene rings is 1. The third kappa shape index (κ3) is 3.68. The molecular formula is C27H39N3O5. The monoisotopic (exact) mass is 485 g/mol. The Kier molecular flexibility index (Phi) is 6.74. The summed E-state index contributed by atoms with van der Waals surface area (Å²) in [4.78, 5) is 42.9. The molecule has 3 aliphatic rings. The maximum Gasteiger partial charge on any atom is 0.250 e. The normalized spacial score (nSPS) is 32.9. The molecule has 192 valence electrons. The Morgan fingerprint density at radius 3 is 2.54 bits per heavy atom. The maximum absolute atomic E-state index is 14.1. The number of hydrogen-bond donors (Lipinski definition) is 3. The number of fused-ring (bicyclic) bond motifs is 1. The molecule has 1 spiro atoms. The van der Waals surface area contributed by atoms with E-state index in [1.807, 2.05) is 52.8 Å². The third-order valence-electron chi connectivity index (χ3n) is 8.89. The van der Waals surface area contributed by atoms with Crippen molar-refractivity contribution in [2.24, 2.45) is 17.8 Å². The minimum atomic E-state index is -1.10. The predicted octanol–water partition coefficient (Wildman–Crippen LogP) is 2.55. The Morgan fingerprint density at radius 2 is 1.94 bits per heavy atom. The van der Waals surface area contributed by atoms with Gasteiger partial charge >= 0.3 is 0 Å². The van der Waals surface area contributed by atoms with Crippen molar-refractivity contribution < 1.29 is 24.2 Å². The molecule has 3 heterocycles. The van der Waals surface area contributed by atoms with E-state index in [0.717, 1.165) is 17.5 Å². The number of hydrogen-bond acceptors (Lipinski definition) is 5. The number of carbonyl (C=O) groups is 3. The lowest BCUT2D eigenvalue weighted by Gasteiger charge is -2.39. The van der Waals surface area contributed by atoms with Crippen molar-refractivity contribution >= 4 is 23.4 Å². The number of aryl methyl sites for hydroxylation is 2. The molecule has 3 fully saturated rings. The van der Waals surface area contributed by atoms with Crippen molar-refractivity contribution in [3.63, 3.8) is 0 Å². The number of carbonyl (C=O) groups excluding carboxylic acids is 3. The first-order valence-electron chi connectivity index (χ1n) is 12.8. The quantitative estimate of drug-likeness (QED) is 0.525. The fraction of sp³-hybridized carbons (Fsp3) is 0.667. The number of anilines is 1. The standard InChI is InChI=1S/C27H39N3O5/c1-7-16(4)19(14-31)30-22(24(33)29-18-13-15(3)9-10-17(18)5)27-12-11-26(8-2,35-27)20(23(32)28-6)21(27)25(30)34/h9-10,13,16,19-22,31H,7-8,11-12,14H2,1-6H3,(H,28,32)(H,29,33)/t16-,19-,20+,21-,22?,26-,27?/m0/s1. The highest BCUT2D eigenvalue weighted by Crippen LogP contribution is 2.64. The molecule has 2 bridgehead atoms. The number of aliphatic hydroxyl groups is 1. The van der Waals surface area contributed by atoms with Gasteiger partial charge in [0, 0.05) is 12.7 Å². The van der Waals surface area contributed by atoms with Crippen LogP contribution in [0.15, 0.2) is 18.2 Å². The number of ether oxygens (including phenoxy) is 1. The summed E-state index contributed by atoms with van der Waals surface area (Å²) in [6.07, 6.45) is 2.44. The van der Waals surface area contributed by atoms with Gasteiger partial charge in [-0.15, -0.1) is 0 Å². The van der Waals surface area contributed by atoms with E-state index in [4.69, 9.17) is 4.74 Å². The smallest absolute Gasteiger partial charge is 0.250 e. The molecule has 3 amide bonds. The van der Waals surface area contributed by atoms with Crippen LogP contribution in [0.5, 0.6) is 0 Å². The molecule has 1 aromatic rings. The van der Waals surface area contributed by atoms with Crippen molar-refractivity contribution in [2.45, 2.75) is 83.6 Å². The second-order valence-electron chi connectivity index (χ2n) is 10.6. The summed E-state index contributed by atoms with van der Waals surface area (Å²) in [6.45, 7) is 9.57. The van der Waals surface area contributed by atoms with Crippen LogP contribution < -0.4 is 10.6 Å². The molecule has 3 aliphatic heterocycles. The zero-order valence-corrected chi connectivity index (χ0v) is 21.7. The van der Waals surface area contributed by atoms with Gasteiger partial charge in [0.25, 0.3) is 0 Å². The molecule has 3 N–H and O–H groups in total. The molecule has 8 heteroatoms. The predicted molar refractivity (Wildman–Crippen MR) is 133 cm³/mol. The molecule has 3 saturated heterocycles. The van der Waals surface area contributed by atoms with Crippen molar-refractivity contribution in [3.05, 3.63) is 29.3 Å². The topological polar surface area (TPSA) is 108 Å². The molecule has 1 aromatic carbocycles. The van der Waals surface area contributed by atoms with Gasteiger partial charge in [-0.2, -0.15) is 0 Å². The highest BCUT2D eigenvalue weighted by molar-refractivity contribution is 6.04. The summed E-state index contributed by atoms with van der Waals surface area (Å²) in [5.41, 5.74) is 0.741. The summed E-state index contributed by atoms with van der Waals surface area (Å²) >= 11 is 0. The average molecular weight is 486 g/mol. The summed E-state index contributed by atoms with van der Waals surface area (Å²) < 4.78 is 6.72.